The van der Waals surface area contributed by atoms with Crippen LogP contribution < -0.4 is 10.0 Å². The summed E-state index contributed by atoms with van der Waals surface area (Å²) < 4.78 is 25.5. The minimum Gasteiger partial charge on any atom is -0.312 e. The Balaban J connectivity index is 2.31. The average molecular weight is 251 g/mol. The Bertz CT molecular complexity index is 561. The van der Waals surface area contributed by atoms with Gasteiger partial charge in [0.25, 0.3) is 0 Å². The van der Waals surface area contributed by atoms with Crippen LogP contribution in [0.4, 0.5) is 5.69 Å². The van der Waals surface area contributed by atoms with Crippen molar-refractivity contribution in [3.63, 3.8) is 0 Å². The monoisotopic (exact) mass is 251 g/mol. The maximum atomic E-state index is 11.5. The van der Waals surface area contributed by atoms with E-state index in [4.69, 9.17) is 5.26 Å². The minimum atomic E-state index is -3.55. The molecule has 6 heteroatoms. The Kier molecular flexibility index (Phi) is 3.31. The summed E-state index contributed by atoms with van der Waals surface area (Å²) in [4.78, 5) is 0. The Morgan fingerprint density at radius 2 is 2.29 bits per heavy atom. The van der Waals surface area contributed by atoms with E-state index in [0.29, 0.717) is 5.69 Å². The molecule has 0 saturated carbocycles. The molecular formula is C11H13N3O2S. The van der Waals surface area contributed by atoms with Crippen molar-refractivity contribution in [3.05, 3.63) is 29.3 Å². The second kappa shape index (κ2) is 4.73. The summed E-state index contributed by atoms with van der Waals surface area (Å²) in [6.07, 6.45) is 0.792. The lowest BCUT2D eigenvalue weighted by molar-refractivity contribution is 0.604. The van der Waals surface area contributed by atoms with Gasteiger partial charge in [-0.15, -0.1) is 0 Å². The normalized spacial score (nSPS) is 14.8. The number of nitriles is 1. The van der Waals surface area contributed by atoms with E-state index in [1.165, 1.54) is 0 Å². The largest absolute Gasteiger partial charge is 0.312 e. The van der Waals surface area contributed by atoms with E-state index in [-0.39, 0.29) is 0 Å². The van der Waals surface area contributed by atoms with Gasteiger partial charge in [0.05, 0.1) is 11.8 Å². The van der Waals surface area contributed by atoms with Crippen LogP contribution in [0.15, 0.2) is 18.2 Å². The van der Waals surface area contributed by atoms with E-state index in [1.54, 1.807) is 12.1 Å². The fraction of sp³-hybridized carbons (Fsp3) is 0.364. The topological polar surface area (TPSA) is 82.0 Å². The van der Waals surface area contributed by atoms with Crippen molar-refractivity contribution in [1.29, 1.82) is 5.26 Å². The van der Waals surface area contributed by atoms with Crippen molar-refractivity contribution >= 4 is 15.7 Å². The fourth-order valence-corrected chi connectivity index (χ4v) is 2.68. The molecule has 0 radical (unpaired) electrons. The SMILES string of the molecule is N#CCS(=O)(=O)Nc1cccc2c1CCNC2. The highest BCUT2D eigenvalue weighted by molar-refractivity contribution is 7.92. The van der Waals surface area contributed by atoms with Gasteiger partial charge in [-0.1, -0.05) is 12.1 Å². The van der Waals surface area contributed by atoms with Gasteiger partial charge in [-0.25, -0.2) is 8.42 Å². The highest BCUT2D eigenvalue weighted by Gasteiger charge is 2.16. The van der Waals surface area contributed by atoms with Crippen LogP contribution >= 0.6 is 0 Å². The molecule has 17 heavy (non-hydrogen) atoms. The van der Waals surface area contributed by atoms with E-state index in [9.17, 15) is 8.42 Å². The molecule has 1 aliphatic rings. The van der Waals surface area contributed by atoms with E-state index >= 15 is 0 Å². The lowest BCUT2D eigenvalue weighted by Gasteiger charge is -2.20. The van der Waals surface area contributed by atoms with Crippen molar-refractivity contribution in [2.75, 3.05) is 17.0 Å². The predicted octanol–water partition coefficient (Wildman–Crippen LogP) is 0.598. The van der Waals surface area contributed by atoms with Crippen LogP contribution in [-0.4, -0.2) is 20.7 Å². The predicted molar refractivity (Wildman–Crippen MR) is 64.9 cm³/mol. The number of benzene rings is 1. The first kappa shape index (κ1) is 11.9. The average Bonchev–Trinajstić information content (AvgIpc) is 2.29. The van der Waals surface area contributed by atoms with Crippen molar-refractivity contribution in [3.8, 4) is 6.07 Å². The van der Waals surface area contributed by atoms with E-state index < -0.39 is 15.8 Å². The number of hydrogen-bond donors (Lipinski definition) is 2. The van der Waals surface area contributed by atoms with Gasteiger partial charge in [0.2, 0.25) is 10.0 Å². The molecule has 2 rings (SSSR count). The zero-order valence-corrected chi connectivity index (χ0v) is 10.0. The maximum absolute atomic E-state index is 11.5. The molecule has 1 aliphatic heterocycles. The molecule has 1 aromatic carbocycles. The van der Waals surface area contributed by atoms with E-state index in [1.807, 2.05) is 12.1 Å². The fourth-order valence-electron chi connectivity index (χ4n) is 1.92. The van der Waals surface area contributed by atoms with Gasteiger partial charge in [-0.3, -0.25) is 4.72 Å². The van der Waals surface area contributed by atoms with Crippen molar-refractivity contribution in [2.45, 2.75) is 13.0 Å². The molecule has 0 aliphatic carbocycles. The zero-order chi connectivity index (χ0) is 12.3. The Hall–Kier alpha value is -1.58. The molecule has 0 bridgehead atoms. The first-order valence-electron chi connectivity index (χ1n) is 5.31. The summed E-state index contributed by atoms with van der Waals surface area (Å²) in [6, 6.07) is 7.17. The number of sulfonamides is 1. The number of nitrogens with one attached hydrogen (secondary N) is 2. The van der Waals surface area contributed by atoms with E-state index in [2.05, 4.69) is 10.0 Å². The second-order valence-electron chi connectivity index (χ2n) is 3.89. The molecule has 2 N–H and O–H groups in total. The molecule has 1 aromatic rings. The summed E-state index contributed by atoms with van der Waals surface area (Å²) in [5.41, 5.74) is 2.72. The summed E-state index contributed by atoms with van der Waals surface area (Å²) in [7, 11) is -3.55. The lowest BCUT2D eigenvalue weighted by atomic mass is 9.99. The summed E-state index contributed by atoms with van der Waals surface area (Å²) in [5.74, 6) is -0.519. The number of anilines is 1. The minimum absolute atomic E-state index is 0.519. The van der Waals surface area contributed by atoms with Crippen molar-refractivity contribution < 1.29 is 8.42 Å². The molecule has 5 nitrogen and oxygen atoms in total. The zero-order valence-electron chi connectivity index (χ0n) is 9.23. The third-order valence-corrected chi connectivity index (χ3v) is 3.70. The molecular weight excluding hydrogens is 238 g/mol. The Labute approximate surface area is 101 Å². The van der Waals surface area contributed by atoms with Crippen LogP contribution in [0.2, 0.25) is 0 Å². The number of nitrogens with zero attached hydrogens (tertiary/aromatic N) is 1. The van der Waals surface area contributed by atoms with Crippen LogP contribution in [0.5, 0.6) is 0 Å². The highest BCUT2D eigenvalue weighted by atomic mass is 32.2. The molecule has 0 fully saturated rings. The number of hydrogen-bond acceptors (Lipinski definition) is 4. The lowest BCUT2D eigenvalue weighted by Crippen LogP contribution is -2.25. The third kappa shape index (κ3) is 2.75. The van der Waals surface area contributed by atoms with Crippen LogP contribution in [0.1, 0.15) is 11.1 Å². The van der Waals surface area contributed by atoms with Gasteiger partial charge in [-0.2, -0.15) is 5.26 Å². The van der Waals surface area contributed by atoms with Gasteiger partial charge in [-0.05, 0) is 30.2 Å². The molecule has 0 saturated heterocycles. The van der Waals surface area contributed by atoms with Crippen LogP contribution in [0.3, 0.4) is 0 Å². The van der Waals surface area contributed by atoms with Gasteiger partial charge < -0.3 is 5.32 Å². The van der Waals surface area contributed by atoms with Gasteiger partial charge in [0, 0.05) is 6.54 Å². The van der Waals surface area contributed by atoms with Crippen molar-refractivity contribution in [2.24, 2.45) is 0 Å². The first-order chi connectivity index (χ1) is 8.12. The van der Waals surface area contributed by atoms with Crippen LogP contribution in [-0.2, 0) is 23.0 Å². The standard InChI is InChI=1S/C11H13N3O2S/c12-5-7-17(15,16)14-11-3-1-2-9-8-13-6-4-10(9)11/h1-3,13-14H,4,6-8H2. The van der Waals surface area contributed by atoms with Gasteiger partial charge in [0.1, 0.15) is 0 Å². The van der Waals surface area contributed by atoms with Crippen LogP contribution in [0, 0.1) is 11.3 Å². The molecule has 1 heterocycles. The smallest absolute Gasteiger partial charge is 0.246 e. The first-order valence-corrected chi connectivity index (χ1v) is 6.96. The van der Waals surface area contributed by atoms with Gasteiger partial charge in [0.15, 0.2) is 5.75 Å². The summed E-state index contributed by atoms with van der Waals surface area (Å²) in [5, 5.41) is 11.7. The maximum Gasteiger partial charge on any atom is 0.246 e. The van der Waals surface area contributed by atoms with Gasteiger partial charge >= 0.3 is 0 Å². The second-order valence-corrected chi connectivity index (χ2v) is 5.61. The number of rotatable bonds is 3. The Morgan fingerprint density at radius 1 is 1.47 bits per heavy atom. The third-order valence-electron chi connectivity index (χ3n) is 2.66. The molecule has 0 spiro atoms. The molecule has 0 aromatic heterocycles. The highest BCUT2D eigenvalue weighted by Crippen LogP contribution is 2.23. The molecule has 0 unspecified atom stereocenters. The quantitative estimate of drug-likeness (QED) is 0.824. The van der Waals surface area contributed by atoms with E-state index in [0.717, 1.165) is 30.6 Å². The molecule has 90 valence electrons. The van der Waals surface area contributed by atoms with Crippen LogP contribution in [0.25, 0.3) is 0 Å². The summed E-state index contributed by atoms with van der Waals surface area (Å²) in [6.45, 7) is 1.59. The number of fused-ring (bicyclic) bond motifs is 1. The Morgan fingerprint density at radius 3 is 3.06 bits per heavy atom. The van der Waals surface area contributed by atoms with Crippen molar-refractivity contribution in [1.82, 2.24) is 5.32 Å². The summed E-state index contributed by atoms with van der Waals surface area (Å²) >= 11 is 0. The molecule has 0 amide bonds. The molecule has 0 atom stereocenters.